The van der Waals surface area contributed by atoms with Gasteiger partial charge in [-0.15, -0.1) is 10.2 Å². The van der Waals surface area contributed by atoms with Crippen molar-refractivity contribution in [3.05, 3.63) is 65.7 Å². The molecule has 0 radical (unpaired) electrons. The minimum Gasteiger partial charge on any atom is -0.344 e. The van der Waals surface area contributed by atoms with Crippen molar-refractivity contribution in [1.82, 2.24) is 15.5 Å². The first-order valence-electron chi connectivity index (χ1n) is 9.54. The first-order valence-corrected chi connectivity index (χ1v) is 10.4. The number of nitrogens with zero attached hydrogens (tertiary/aromatic N) is 2. The van der Waals surface area contributed by atoms with Crippen molar-refractivity contribution in [2.24, 2.45) is 0 Å². The zero-order chi connectivity index (χ0) is 20.8. The average molecular weight is 409 g/mol. The number of carbonyl (C=O) groups is 2. The molecule has 0 aliphatic heterocycles. The molecule has 2 aromatic carbocycles. The van der Waals surface area contributed by atoms with E-state index in [1.807, 2.05) is 68.4 Å². The fourth-order valence-electron chi connectivity index (χ4n) is 2.94. The van der Waals surface area contributed by atoms with Crippen LogP contribution in [0.5, 0.6) is 0 Å². The molecule has 3 aromatic rings. The van der Waals surface area contributed by atoms with Crippen molar-refractivity contribution >= 4 is 28.3 Å². The third kappa shape index (κ3) is 5.26. The fourth-order valence-corrected chi connectivity index (χ4v) is 3.69. The molecule has 150 valence electrons. The average Bonchev–Trinajstić information content (AvgIpc) is 3.18. The van der Waals surface area contributed by atoms with Crippen LogP contribution in [0.15, 0.2) is 54.6 Å². The molecule has 0 bridgehead atoms. The van der Waals surface area contributed by atoms with E-state index in [2.05, 4.69) is 20.8 Å². The molecule has 0 unspecified atom stereocenters. The van der Waals surface area contributed by atoms with E-state index in [4.69, 9.17) is 0 Å². The normalized spacial score (nSPS) is 12.8. The second kappa shape index (κ2) is 9.43. The van der Waals surface area contributed by atoms with Crippen LogP contribution < -0.4 is 10.6 Å². The van der Waals surface area contributed by atoms with E-state index in [0.717, 1.165) is 21.7 Å². The molecule has 2 amide bonds. The Balaban J connectivity index is 1.60. The number of anilines is 1. The SMILES string of the molecule is CC[C@H](C(=O)N[C@@H](C)C(=O)Nc1nnc(-c2ccc(C)cc2)s1)c1ccccc1. The van der Waals surface area contributed by atoms with E-state index in [1.54, 1.807) is 6.92 Å². The maximum Gasteiger partial charge on any atom is 0.248 e. The lowest BCUT2D eigenvalue weighted by atomic mass is 9.95. The monoisotopic (exact) mass is 408 g/mol. The van der Waals surface area contributed by atoms with Gasteiger partial charge in [0.15, 0.2) is 0 Å². The molecule has 0 saturated carbocycles. The number of aromatic nitrogens is 2. The Kier molecular flexibility index (Phi) is 6.72. The van der Waals surface area contributed by atoms with Crippen LogP contribution in [-0.4, -0.2) is 28.1 Å². The van der Waals surface area contributed by atoms with Crippen LogP contribution >= 0.6 is 11.3 Å². The van der Waals surface area contributed by atoms with Gasteiger partial charge in [0, 0.05) is 5.56 Å². The van der Waals surface area contributed by atoms with Gasteiger partial charge in [-0.3, -0.25) is 14.9 Å². The van der Waals surface area contributed by atoms with Gasteiger partial charge in [-0.1, -0.05) is 78.4 Å². The second-order valence-electron chi connectivity index (χ2n) is 6.87. The smallest absolute Gasteiger partial charge is 0.248 e. The summed E-state index contributed by atoms with van der Waals surface area (Å²) in [6.45, 7) is 5.63. The molecule has 2 atom stereocenters. The third-order valence-corrected chi connectivity index (χ3v) is 5.52. The first-order chi connectivity index (χ1) is 14.0. The van der Waals surface area contributed by atoms with Gasteiger partial charge in [-0.05, 0) is 25.8 Å². The summed E-state index contributed by atoms with van der Waals surface area (Å²) in [5.41, 5.74) is 3.05. The Labute approximate surface area is 174 Å². The highest BCUT2D eigenvalue weighted by molar-refractivity contribution is 7.18. The van der Waals surface area contributed by atoms with E-state index < -0.39 is 6.04 Å². The first kappa shape index (κ1) is 20.7. The molecule has 0 fully saturated rings. The van der Waals surface area contributed by atoms with Crippen LogP contribution in [0.4, 0.5) is 5.13 Å². The molecule has 0 spiro atoms. The van der Waals surface area contributed by atoms with Gasteiger partial charge >= 0.3 is 0 Å². The van der Waals surface area contributed by atoms with Gasteiger partial charge in [0.25, 0.3) is 0 Å². The largest absolute Gasteiger partial charge is 0.344 e. The number of carbonyl (C=O) groups excluding carboxylic acids is 2. The van der Waals surface area contributed by atoms with Crippen LogP contribution in [-0.2, 0) is 9.59 Å². The van der Waals surface area contributed by atoms with Gasteiger partial charge in [-0.2, -0.15) is 0 Å². The molecule has 0 aliphatic carbocycles. The number of aryl methyl sites for hydroxylation is 1. The number of amides is 2. The zero-order valence-corrected chi connectivity index (χ0v) is 17.5. The Morgan fingerprint density at radius 1 is 1.00 bits per heavy atom. The highest BCUT2D eigenvalue weighted by Crippen LogP contribution is 2.26. The van der Waals surface area contributed by atoms with Crippen LogP contribution in [0.2, 0.25) is 0 Å². The molecular formula is C22H24N4O2S. The summed E-state index contributed by atoms with van der Waals surface area (Å²) in [4.78, 5) is 25.1. The number of rotatable bonds is 7. The zero-order valence-electron chi connectivity index (χ0n) is 16.7. The Bertz CT molecular complexity index is 970. The second-order valence-corrected chi connectivity index (χ2v) is 7.85. The predicted octanol–water partition coefficient (Wildman–Crippen LogP) is 4.15. The van der Waals surface area contributed by atoms with Gasteiger partial charge in [0.1, 0.15) is 11.0 Å². The maximum absolute atomic E-state index is 12.6. The molecule has 1 aromatic heterocycles. The van der Waals surface area contributed by atoms with E-state index in [9.17, 15) is 9.59 Å². The molecular weight excluding hydrogens is 384 g/mol. The molecule has 0 aliphatic rings. The van der Waals surface area contributed by atoms with Gasteiger partial charge in [-0.25, -0.2) is 0 Å². The summed E-state index contributed by atoms with van der Waals surface area (Å²) in [7, 11) is 0. The molecule has 1 heterocycles. The van der Waals surface area contributed by atoms with Crippen molar-refractivity contribution < 1.29 is 9.59 Å². The summed E-state index contributed by atoms with van der Waals surface area (Å²) >= 11 is 1.30. The van der Waals surface area contributed by atoms with Crippen LogP contribution in [0.25, 0.3) is 10.6 Å². The van der Waals surface area contributed by atoms with Crippen molar-refractivity contribution in [3.63, 3.8) is 0 Å². The lowest BCUT2D eigenvalue weighted by Crippen LogP contribution is -2.43. The van der Waals surface area contributed by atoms with Crippen molar-refractivity contribution in [3.8, 4) is 10.6 Å². The lowest BCUT2D eigenvalue weighted by molar-refractivity contribution is -0.127. The molecule has 3 rings (SSSR count). The lowest BCUT2D eigenvalue weighted by Gasteiger charge is -2.19. The maximum atomic E-state index is 12.6. The topological polar surface area (TPSA) is 84.0 Å². The number of benzene rings is 2. The number of nitrogens with one attached hydrogen (secondary N) is 2. The minimum absolute atomic E-state index is 0.168. The molecule has 0 saturated heterocycles. The molecule has 29 heavy (non-hydrogen) atoms. The van der Waals surface area contributed by atoms with E-state index >= 15 is 0 Å². The van der Waals surface area contributed by atoms with Crippen molar-refractivity contribution in [1.29, 1.82) is 0 Å². The van der Waals surface area contributed by atoms with Crippen LogP contribution in [0, 0.1) is 6.92 Å². The minimum atomic E-state index is -0.688. The highest BCUT2D eigenvalue weighted by atomic mass is 32.1. The summed E-state index contributed by atoms with van der Waals surface area (Å²) < 4.78 is 0. The summed E-state index contributed by atoms with van der Waals surface area (Å²) in [5, 5.41) is 14.8. The predicted molar refractivity (Wildman–Crippen MR) is 116 cm³/mol. The van der Waals surface area contributed by atoms with Crippen LogP contribution in [0.1, 0.15) is 37.3 Å². The summed E-state index contributed by atoms with van der Waals surface area (Å²) in [5.74, 6) is -0.784. The Hall–Kier alpha value is -3.06. The van der Waals surface area contributed by atoms with Crippen molar-refractivity contribution in [2.45, 2.75) is 39.2 Å². The fraction of sp³-hybridized carbons (Fsp3) is 0.273. The Morgan fingerprint density at radius 2 is 1.69 bits per heavy atom. The molecule has 6 nitrogen and oxygen atoms in total. The van der Waals surface area contributed by atoms with Crippen molar-refractivity contribution in [2.75, 3.05) is 5.32 Å². The van der Waals surface area contributed by atoms with Gasteiger partial charge in [0.05, 0.1) is 5.92 Å². The summed E-state index contributed by atoms with van der Waals surface area (Å²) in [6.07, 6.45) is 0.653. The summed E-state index contributed by atoms with van der Waals surface area (Å²) in [6, 6.07) is 16.8. The highest BCUT2D eigenvalue weighted by Gasteiger charge is 2.23. The molecule has 2 N–H and O–H groups in total. The quantitative estimate of drug-likeness (QED) is 0.615. The standard InChI is InChI=1S/C22H24N4O2S/c1-4-18(16-8-6-5-7-9-16)20(28)23-15(3)19(27)24-22-26-25-21(29-22)17-12-10-14(2)11-13-17/h5-13,15,18H,4H2,1-3H3,(H,23,28)(H,24,26,27)/t15-,18-/m0/s1. The van der Waals surface area contributed by atoms with Crippen LogP contribution in [0.3, 0.4) is 0 Å². The molecule has 7 heteroatoms. The van der Waals surface area contributed by atoms with E-state index in [1.165, 1.54) is 11.3 Å². The van der Waals surface area contributed by atoms with Gasteiger partial charge in [0.2, 0.25) is 16.9 Å². The Morgan fingerprint density at radius 3 is 2.34 bits per heavy atom. The third-order valence-electron chi connectivity index (χ3n) is 4.63. The van der Waals surface area contributed by atoms with E-state index in [0.29, 0.717) is 11.6 Å². The van der Waals surface area contributed by atoms with E-state index in [-0.39, 0.29) is 17.7 Å². The van der Waals surface area contributed by atoms with Gasteiger partial charge < -0.3 is 5.32 Å². The number of hydrogen-bond acceptors (Lipinski definition) is 5. The number of hydrogen-bond donors (Lipinski definition) is 2.